The molecule has 4 nitrogen and oxygen atoms in total. The van der Waals surface area contributed by atoms with Gasteiger partial charge in [0.2, 0.25) is 0 Å². The molecule has 0 bridgehead atoms. The molecule has 0 aliphatic heterocycles. The molecule has 1 aromatic rings. The van der Waals surface area contributed by atoms with Crippen LogP contribution in [0.4, 0.5) is 0 Å². The summed E-state index contributed by atoms with van der Waals surface area (Å²) in [4.78, 5) is 0. The number of hydrogen-bond donors (Lipinski definition) is 2. The van der Waals surface area contributed by atoms with Gasteiger partial charge in [0, 0.05) is 5.56 Å². The molecule has 0 aliphatic rings. The van der Waals surface area contributed by atoms with Gasteiger partial charge in [-0.3, -0.25) is 0 Å². The molecular formula is C15H22N2O2. The number of rotatable bonds is 7. The van der Waals surface area contributed by atoms with Gasteiger partial charge in [-0.1, -0.05) is 60.8 Å². The summed E-state index contributed by atoms with van der Waals surface area (Å²) in [6, 6.07) is 7.83. The largest absolute Gasteiger partial charge is 0.411 e. The van der Waals surface area contributed by atoms with Gasteiger partial charge in [0.1, 0.15) is 11.4 Å². The van der Waals surface area contributed by atoms with Crippen LogP contribution in [0.3, 0.4) is 0 Å². The Balaban J connectivity index is 2.65. The summed E-state index contributed by atoms with van der Waals surface area (Å²) in [5, 5.41) is 23.9. The highest BCUT2D eigenvalue weighted by atomic mass is 16.4. The highest BCUT2D eigenvalue weighted by Crippen LogP contribution is 2.11. The lowest BCUT2D eigenvalue weighted by atomic mass is 10.0. The third-order valence-corrected chi connectivity index (χ3v) is 3.14. The third kappa shape index (κ3) is 4.73. The van der Waals surface area contributed by atoms with Crippen LogP contribution in [-0.4, -0.2) is 21.8 Å². The first kappa shape index (κ1) is 15.2. The molecule has 0 spiro atoms. The molecule has 4 heteroatoms. The van der Waals surface area contributed by atoms with Crippen molar-refractivity contribution in [1.29, 1.82) is 0 Å². The van der Waals surface area contributed by atoms with Crippen LogP contribution in [0.1, 0.15) is 50.7 Å². The van der Waals surface area contributed by atoms with Crippen LogP contribution in [-0.2, 0) is 6.42 Å². The Morgan fingerprint density at radius 2 is 1.68 bits per heavy atom. The van der Waals surface area contributed by atoms with Crippen LogP contribution in [0.5, 0.6) is 0 Å². The molecule has 0 atom stereocenters. The van der Waals surface area contributed by atoms with E-state index in [0.29, 0.717) is 5.71 Å². The summed E-state index contributed by atoms with van der Waals surface area (Å²) in [5.41, 5.74) is 2.60. The number of nitrogens with zero attached hydrogens (tertiary/aromatic N) is 2. The van der Waals surface area contributed by atoms with Gasteiger partial charge >= 0.3 is 0 Å². The summed E-state index contributed by atoms with van der Waals surface area (Å²) in [6.07, 6.45) is 6.06. The normalized spacial score (nSPS) is 12.7. The van der Waals surface area contributed by atoms with E-state index in [1.165, 1.54) is 31.2 Å². The van der Waals surface area contributed by atoms with Gasteiger partial charge in [0.15, 0.2) is 0 Å². The van der Waals surface area contributed by atoms with Crippen LogP contribution in [0.25, 0.3) is 0 Å². The second kappa shape index (κ2) is 8.29. The molecule has 0 saturated heterocycles. The number of aryl methyl sites for hydroxylation is 1. The van der Waals surface area contributed by atoms with Crippen molar-refractivity contribution in [2.24, 2.45) is 10.3 Å². The third-order valence-electron chi connectivity index (χ3n) is 3.14. The van der Waals surface area contributed by atoms with Gasteiger partial charge in [0.25, 0.3) is 0 Å². The molecule has 0 aliphatic carbocycles. The SMILES string of the molecule is CCCCCCc1ccc(C(=NO)C(C)=NO)cc1. The van der Waals surface area contributed by atoms with Gasteiger partial charge in [-0.15, -0.1) is 0 Å². The van der Waals surface area contributed by atoms with Crippen LogP contribution in [0.15, 0.2) is 34.6 Å². The van der Waals surface area contributed by atoms with Crippen molar-refractivity contribution in [3.8, 4) is 0 Å². The first-order valence-corrected chi connectivity index (χ1v) is 6.73. The first-order valence-electron chi connectivity index (χ1n) is 6.73. The molecule has 0 saturated carbocycles. The van der Waals surface area contributed by atoms with E-state index in [1.54, 1.807) is 6.92 Å². The van der Waals surface area contributed by atoms with Crippen LogP contribution in [0, 0.1) is 0 Å². The Morgan fingerprint density at radius 1 is 1.00 bits per heavy atom. The molecular weight excluding hydrogens is 240 g/mol. The van der Waals surface area contributed by atoms with Gasteiger partial charge in [0.05, 0.1) is 0 Å². The number of oxime groups is 2. The lowest BCUT2D eigenvalue weighted by Gasteiger charge is -2.05. The van der Waals surface area contributed by atoms with E-state index >= 15 is 0 Å². The van der Waals surface area contributed by atoms with Crippen molar-refractivity contribution in [3.05, 3.63) is 35.4 Å². The van der Waals surface area contributed by atoms with Crippen molar-refractivity contribution < 1.29 is 10.4 Å². The first-order chi connectivity index (χ1) is 9.22. The molecule has 0 unspecified atom stereocenters. The Kier molecular flexibility index (Phi) is 6.64. The fourth-order valence-electron chi connectivity index (χ4n) is 1.97. The molecule has 0 amide bonds. The summed E-state index contributed by atoms with van der Waals surface area (Å²) in [7, 11) is 0. The highest BCUT2D eigenvalue weighted by molar-refractivity contribution is 6.47. The molecule has 19 heavy (non-hydrogen) atoms. The second-order valence-electron chi connectivity index (χ2n) is 4.64. The molecule has 0 heterocycles. The van der Waals surface area contributed by atoms with Crippen LogP contribution < -0.4 is 0 Å². The van der Waals surface area contributed by atoms with Crippen molar-refractivity contribution in [3.63, 3.8) is 0 Å². The van der Waals surface area contributed by atoms with Gasteiger partial charge in [-0.2, -0.15) is 0 Å². The number of unbranched alkanes of at least 4 members (excludes halogenated alkanes) is 3. The highest BCUT2D eigenvalue weighted by Gasteiger charge is 2.08. The standard InChI is InChI=1S/C15H22N2O2/c1-3-4-5-6-7-13-8-10-14(11-9-13)15(17-19)12(2)16-18/h8-11,18-19H,3-7H2,1-2H3. The minimum Gasteiger partial charge on any atom is -0.411 e. The van der Waals surface area contributed by atoms with Gasteiger partial charge in [-0.25, -0.2) is 0 Å². The van der Waals surface area contributed by atoms with E-state index in [2.05, 4.69) is 17.2 Å². The quantitative estimate of drug-likeness (QED) is 0.339. The molecule has 1 aromatic carbocycles. The number of hydrogen-bond acceptors (Lipinski definition) is 4. The maximum Gasteiger partial charge on any atom is 0.134 e. The van der Waals surface area contributed by atoms with E-state index in [4.69, 9.17) is 10.4 Å². The fraction of sp³-hybridized carbons (Fsp3) is 0.467. The summed E-state index contributed by atoms with van der Waals surface area (Å²) < 4.78 is 0. The van der Waals surface area contributed by atoms with Gasteiger partial charge in [-0.05, 0) is 25.3 Å². The zero-order valence-electron chi connectivity index (χ0n) is 11.6. The lowest BCUT2D eigenvalue weighted by molar-refractivity contribution is 0.314. The Bertz CT molecular complexity index is 436. The summed E-state index contributed by atoms with van der Waals surface area (Å²) in [6.45, 7) is 3.79. The van der Waals surface area contributed by atoms with E-state index < -0.39 is 0 Å². The maximum absolute atomic E-state index is 8.95. The Hall–Kier alpha value is -1.84. The minimum absolute atomic E-state index is 0.290. The fourth-order valence-corrected chi connectivity index (χ4v) is 1.97. The van der Waals surface area contributed by atoms with E-state index in [9.17, 15) is 0 Å². The predicted octanol–water partition coefficient (Wildman–Crippen LogP) is 3.84. The molecule has 0 aromatic heterocycles. The van der Waals surface area contributed by atoms with Crippen molar-refractivity contribution in [2.45, 2.75) is 46.0 Å². The Morgan fingerprint density at radius 3 is 2.21 bits per heavy atom. The van der Waals surface area contributed by atoms with Crippen LogP contribution >= 0.6 is 0 Å². The minimum atomic E-state index is 0.290. The monoisotopic (exact) mass is 262 g/mol. The summed E-state index contributed by atoms with van der Waals surface area (Å²) in [5.74, 6) is 0. The van der Waals surface area contributed by atoms with E-state index in [0.717, 1.165) is 12.0 Å². The maximum atomic E-state index is 8.95. The van der Waals surface area contributed by atoms with Crippen molar-refractivity contribution in [2.75, 3.05) is 0 Å². The van der Waals surface area contributed by atoms with Crippen molar-refractivity contribution in [1.82, 2.24) is 0 Å². The number of benzene rings is 1. The van der Waals surface area contributed by atoms with E-state index in [1.807, 2.05) is 24.3 Å². The van der Waals surface area contributed by atoms with Crippen molar-refractivity contribution >= 4 is 11.4 Å². The topological polar surface area (TPSA) is 65.2 Å². The average Bonchev–Trinajstić information content (AvgIpc) is 2.45. The molecule has 0 radical (unpaired) electrons. The predicted molar refractivity (Wildman–Crippen MR) is 77.5 cm³/mol. The second-order valence-corrected chi connectivity index (χ2v) is 4.64. The van der Waals surface area contributed by atoms with E-state index in [-0.39, 0.29) is 5.71 Å². The van der Waals surface area contributed by atoms with Gasteiger partial charge < -0.3 is 10.4 Å². The average molecular weight is 262 g/mol. The molecule has 2 N–H and O–H groups in total. The smallest absolute Gasteiger partial charge is 0.134 e. The Labute approximate surface area is 114 Å². The zero-order chi connectivity index (χ0) is 14.1. The lowest BCUT2D eigenvalue weighted by Crippen LogP contribution is -2.12. The molecule has 1 rings (SSSR count). The zero-order valence-corrected chi connectivity index (χ0v) is 11.6. The molecule has 104 valence electrons. The van der Waals surface area contributed by atoms with Crippen LogP contribution in [0.2, 0.25) is 0 Å². The summed E-state index contributed by atoms with van der Waals surface area (Å²) >= 11 is 0. The molecule has 0 fully saturated rings.